The van der Waals surface area contributed by atoms with Crippen molar-refractivity contribution in [1.29, 1.82) is 0 Å². The van der Waals surface area contributed by atoms with Crippen LogP contribution < -0.4 is 11.1 Å². The summed E-state index contributed by atoms with van der Waals surface area (Å²) < 4.78 is 0. The van der Waals surface area contributed by atoms with Crippen LogP contribution in [-0.4, -0.2) is 42.0 Å². The first-order valence-electron chi connectivity index (χ1n) is 6.94. The zero-order valence-corrected chi connectivity index (χ0v) is 13.0. The molecule has 0 aromatic heterocycles. The summed E-state index contributed by atoms with van der Waals surface area (Å²) in [6.45, 7) is 7.83. The molecule has 0 heterocycles. The van der Waals surface area contributed by atoms with Gasteiger partial charge in [0.2, 0.25) is 5.91 Å². The maximum Gasteiger partial charge on any atom is 0.224 e. The highest BCUT2D eigenvalue weighted by atomic mass is 32.1. The van der Waals surface area contributed by atoms with E-state index < -0.39 is 0 Å². The fourth-order valence-corrected chi connectivity index (χ4v) is 2.06. The third kappa shape index (κ3) is 5.67. The first-order chi connectivity index (χ1) is 9.56. The largest absolute Gasteiger partial charge is 0.389 e. The van der Waals surface area contributed by atoms with Gasteiger partial charge < -0.3 is 16.0 Å². The summed E-state index contributed by atoms with van der Waals surface area (Å²) >= 11 is 4.89. The van der Waals surface area contributed by atoms with Crippen molar-refractivity contribution in [2.45, 2.75) is 20.3 Å². The molecule has 0 saturated heterocycles. The third-order valence-corrected chi connectivity index (χ3v) is 3.48. The number of nitrogens with zero attached hydrogens (tertiary/aromatic N) is 1. The molecule has 110 valence electrons. The van der Waals surface area contributed by atoms with Crippen molar-refractivity contribution >= 4 is 23.1 Å². The second-order valence-corrected chi connectivity index (χ2v) is 5.05. The van der Waals surface area contributed by atoms with E-state index in [1.807, 2.05) is 24.3 Å². The maximum atomic E-state index is 11.8. The van der Waals surface area contributed by atoms with Gasteiger partial charge in [0, 0.05) is 18.7 Å². The van der Waals surface area contributed by atoms with Crippen LogP contribution in [0.25, 0.3) is 0 Å². The number of amides is 1. The molecule has 0 atom stereocenters. The van der Waals surface area contributed by atoms with Gasteiger partial charge in [0.15, 0.2) is 0 Å². The number of carbonyl (C=O) groups is 1. The van der Waals surface area contributed by atoms with Gasteiger partial charge in [0.1, 0.15) is 4.99 Å². The van der Waals surface area contributed by atoms with Crippen LogP contribution in [0, 0.1) is 0 Å². The molecular formula is C15H23N3OS. The summed E-state index contributed by atoms with van der Waals surface area (Å²) in [6.07, 6.45) is 0.385. The van der Waals surface area contributed by atoms with E-state index in [4.69, 9.17) is 18.0 Å². The number of thiocarbonyl (C=S) groups is 1. The van der Waals surface area contributed by atoms with E-state index in [-0.39, 0.29) is 5.91 Å². The Balaban J connectivity index is 2.37. The van der Waals surface area contributed by atoms with Crippen LogP contribution in [0.1, 0.15) is 25.0 Å². The van der Waals surface area contributed by atoms with Crippen LogP contribution >= 0.6 is 12.2 Å². The van der Waals surface area contributed by atoms with Gasteiger partial charge in [-0.15, -0.1) is 0 Å². The number of nitrogens with one attached hydrogen (secondary N) is 1. The molecule has 0 aliphatic heterocycles. The van der Waals surface area contributed by atoms with E-state index in [9.17, 15) is 4.79 Å². The van der Waals surface area contributed by atoms with Gasteiger partial charge in [-0.2, -0.15) is 0 Å². The molecule has 0 fully saturated rings. The summed E-state index contributed by atoms with van der Waals surface area (Å²) in [5.41, 5.74) is 7.32. The number of hydrogen-bond donors (Lipinski definition) is 2. The maximum absolute atomic E-state index is 11.8. The molecule has 20 heavy (non-hydrogen) atoms. The normalized spacial score (nSPS) is 10.6. The van der Waals surface area contributed by atoms with Crippen molar-refractivity contribution in [3.05, 3.63) is 35.4 Å². The number of benzene rings is 1. The number of hydrogen-bond acceptors (Lipinski definition) is 3. The van der Waals surface area contributed by atoms with E-state index in [2.05, 4.69) is 24.1 Å². The van der Waals surface area contributed by atoms with Gasteiger partial charge in [-0.25, -0.2) is 0 Å². The molecule has 5 heteroatoms. The van der Waals surface area contributed by atoms with Crippen LogP contribution in [0.4, 0.5) is 0 Å². The minimum atomic E-state index is 0.0419. The Morgan fingerprint density at radius 2 is 1.85 bits per heavy atom. The number of rotatable bonds is 8. The molecule has 3 N–H and O–H groups in total. The Hall–Kier alpha value is -1.46. The Kier molecular flexibility index (Phi) is 7.18. The quantitative estimate of drug-likeness (QED) is 0.710. The van der Waals surface area contributed by atoms with Crippen LogP contribution in [0.2, 0.25) is 0 Å². The Bertz CT molecular complexity index is 441. The average Bonchev–Trinajstić information content (AvgIpc) is 2.44. The average molecular weight is 293 g/mol. The van der Waals surface area contributed by atoms with E-state index in [0.717, 1.165) is 30.8 Å². The molecule has 0 bridgehead atoms. The van der Waals surface area contributed by atoms with Crippen molar-refractivity contribution in [2.75, 3.05) is 26.2 Å². The predicted molar refractivity (Wildman–Crippen MR) is 86.8 cm³/mol. The lowest BCUT2D eigenvalue weighted by atomic mass is 10.1. The molecule has 1 aromatic carbocycles. The SMILES string of the molecule is CCN(CC)CCNC(=O)Cc1ccc(C(N)=S)cc1. The molecule has 0 spiro atoms. The highest BCUT2D eigenvalue weighted by Crippen LogP contribution is 2.05. The minimum absolute atomic E-state index is 0.0419. The molecule has 1 aromatic rings. The molecule has 1 rings (SSSR count). The Labute approximate surface area is 126 Å². The summed E-state index contributed by atoms with van der Waals surface area (Å²) in [5, 5.41) is 2.94. The highest BCUT2D eigenvalue weighted by Gasteiger charge is 2.05. The van der Waals surface area contributed by atoms with E-state index in [1.165, 1.54) is 0 Å². The van der Waals surface area contributed by atoms with Crippen LogP contribution in [0.5, 0.6) is 0 Å². The van der Waals surface area contributed by atoms with Crippen LogP contribution in [0.3, 0.4) is 0 Å². The number of nitrogens with two attached hydrogens (primary N) is 1. The number of likely N-dealkylation sites (N-methyl/N-ethyl adjacent to an activating group) is 1. The zero-order chi connectivity index (χ0) is 15.0. The topological polar surface area (TPSA) is 58.4 Å². The van der Waals surface area contributed by atoms with Crippen molar-refractivity contribution < 1.29 is 4.79 Å². The Morgan fingerprint density at radius 3 is 2.35 bits per heavy atom. The second kappa shape index (κ2) is 8.66. The van der Waals surface area contributed by atoms with Crippen LogP contribution in [0.15, 0.2) is 24.3 Å². The summed E-state index contributed by atoms with van der Waals surface area (Å²) in [5.74, 6) is 0.0419. The van der Waals surface area contributed by atoms with Crippen molar-refractivity contribution in [1.82, 2.24) is 10.2 Å². The molecule has 0 aliphatic rings. The molecule has 0 radical (unpaired) electrons. The van der Waals surface area contributed by atoms with E-state index in [0.29, 0.717) is 18.0 Å². The highest BCUT2D eigenvalue weighted by molar-refractivity contribution is 7.80. The number of carbonyl (C=O) groups excluding carboxylic acids is 1. The van der Waals surface area contributed by atoms with Crippen molar-refractivity contribution in [3.63, 3.8) is 0 Å². The monoisotopic (exact) mass is 293 g/mol. The molecule has 0 saturated carbocycles. The van der Waals surface area contributed by atoms with Gasteiger partial charge in [-0.3, -0.25) is 4.79 Å². The van der Waals surface area contributed by atoms with Gasteiger partial charge in [-0.1, -0.05) is 50.3 Å². The molecule has 4 nitrogen and oxygen atoms in total. The lowest BCUT2D eigenvalue weighted by molar-refractivity contribution is -0.120. The second-order valence-electron chi connectivity index (χ2n) is 4.61. The summed E-state index contributed by atoms with van der Waals surface area (Å²) in [7, 11) is 0. The Morgan fingerprint density at radius 1 is 1.25 bits per heavy atom. The lowest BCUT2D eigenvalue weighted by Crippen LogP contribution is -2.35. The summed E-state index contributed by atoms with van der Waals surface area (Å²) in [6, 6.07) is 7.47. The fraction of sp³-hybridized carbons (Fsp3) is 0.467. The lowest BCUT2D eigenvalue weighted by Gasteiger charge is -2.17. The smallest absolute Gasteiger partial charge is 0.224 e. The molecule has 0 unspecified atom stereocenters. The fourth-order valence-electron chi connectivity index (χ4n) is 1.93. The van der Waals surface area contributed by atoms with Crippen molar-refractivity contribution in [2.24, 2.45) is 5.73 Å². The molecular weight excluding hydrogens is 270 g/mol. The van der Waals surface area contributed by atoms with Gasteiger partial charge >= 0.3 is 0 Å². The van der Waals surface area contributed by atoms with E-state index in [1.54, 1.807) is 0 Å². The first kappa shape index (κ1) is 16.6. The van der Waals surface area contributed by atoms with Gasteiger partial charge in [-0.05, 0) is 18.7 Å². The molecule has 1 amide bonds. The van der Waals surface area contributed by atoms with E-state index >= 15 is 0 Å². The zero-order valence-electron chi connectivity index (χ0n) is 12.2. The van der Waals surface area contributed by atoms with Crippen molar-refractivity contribution in [3.8, 4) is 0 Å². The predicted octanol–water partition coefficient (Wildman–Crippen LogP) is 1.32. The van der Waals surface area contributed by atoms with Gasteiger partial charge in [0.25, 0.3) is 0 Å². The van der Waals surface area contributed by atoms with Gasteiger partial charge in [0.05, 0.1) is 6.42 Å². The minimum Gasteiger partial charge on any atom is -0.389 e. The standard InChI is InChI=1S/C15H23N3OS/c1-3-18(4-2)10-9-17-14(19)11-12-5-7-13(8-6-12)15(16)20/h5-8H,3-4,9-11H2,1-2H3,(H2,16,20)(H,17,19). The third-order valence-electron chi connectivity index (χ3n) is 3.25. The molecule has 0 aliphatic carbocycles. The first-order valence-corrected chi connectivity index (χ1v) is 7.35. The van der Waals surface area contributed by atoms with Crippen LogP contribution in [-0.2, 0) is 11.2 Å². The summed E-state index contributed by atoms with van der Waals surface area (Å²) in [4.78, 5) is 14.5.